The predicted molar refractivity (Wildman–Crippen MR) is 69.2 cm³/mol. The minimum absolute atomic E-state index is 0.116. The Morgan fingerprint density at radius 1 is 1.55 bits per heavy atom. The average Bonchev–Trinajstić information content (AvgIpc) is 2.81. The fourth-order valence-electron chi connectivity index (χ4n) is 1.92. The molecule has 5 nitrogen and oxygen atoms in total. The van der Waals surface area contributed by atoms with Gasteiger partial charge in [-0.1, -0.05) is 11.8 Å². The Labute approximate surface area is 115 Å². The number of hydrogen-bond acceptors (Lipinski definition) is 3. The van der Waals surface area contributed by atoms with Gasteiger partial charge in [0.05, 0.1) is 11.6 Å². The van der Waals surface area contributed by atoms with Crippen molar-refractivity contribution in [2.24, 2.45) is 0 Å². The van der Waals surface area contributed by atoms with Crippen LogP contribution in [0.2, 0.25) is 0 Å². The molecule has 1 aromatic rings. The molecule has 1 aliphatic rings. The maximum Gasteiger partial charge on any atom is 0.252 e. The van der Waals surface area contributed by atoms with Gasteiger partial charge in [-0.25, -0.2) is 4.39 Å². The molecule has 0 spiro atoms. The summed E-state index contributed by atoms with van der Waals surface area (Å²) >= 11 is 0. The van der Waals surface area contributed by atoms with Crippen molar-refractivity contribution in [1.29, 1.82) is 0 Å². The van der Waals surface area contributed by atoms with Crippen molar-refractivity contribution < 1.29 is 19.1 Å². The summed E-state index contributed by atoms with van der Waals surface area (Å²) in [5, 5.41) is 14.0. The van der Waals surface area contributed by atoms with E-state index < -0.39 is 11.7 Å². The van der Waals surface area contributed by atoms with E-state index in [1.807, 2.05) is 0 Å². The lowest BCUT2D eigenvalue weighted by molar-refractivity contribution is -0.119. The standard InChI is InChI=1S/C14H13FN2O3/c15-10-3-4-12(9(6-10)2-1-5-18)14(20)17-11-7-13(19)16-8-11/h3-4,6,11,18H,5,7-8H2,(H,16,19)(H,17,20). The lowest BCUT2D eigenvalue weighted by atomic mass is 10.1. The maximum absolute atomic E-state index is 13.2. The molecule has 0 radical (unpaired) electrons. The van der Waals surface area contributed by atoms with Gasteiger partial charge in [0, 0.05) is 18.5 Å². The van der Waals surface area contributed by atoms with Crippen LogP contribution in [-0.4, -0.2) is 36.1 Å². The molecule has 1 saturated heterocycles. The largest absolute Gasteiger partial charge is 0.384 e. The maximum atomic E-state index is 13.2. The summed E-state index contributed by atoms with van der Waals surface area (Å²) in [4.78, 5) is 23.2. The average molecular weight is 276 g/mol. The first kappa shape index (κ1) is 14.0. The van der Waals surface area contributed by atoms with E-state index in [-0.39, 0.29) is 36.1 Å². The Balaban J connectivity index is 2.18. The molecule has 1 unspecified atom stereocenters. The molecule has 3 N–H and O–H groups in total. The lowest BCUT2D eigenvalue weighted by Gasteiger charge is -2.11. The third-order valence-electron chi connectivity index (χ3n) is 2.84. The quantitative estimate of drug-likeness (QED) is 0.654. The molecule has 1 heterocycles. The molecule has 1 atom stereocenters. The van der Waals surface area contributed by atoms with E-state index in [0.717, 1.165) is 12.1 Å². The second kappa shape index (κ2) is 6.17. The summed E-state index contributed by atoms with van der Waals surface area (Å²) in [6, 6.07) is 3.35. The fourth-order valence-corrected chi connectivity index (χ4v) is 1.92. The number of amides is 2. The zero-order valence-electron chi connectivity index (χ0n) is 10.6. The zero-order chi connectivity index (χ0) is 14.5. The minimum Gasteiger partial charge on any atom is -0.384 e. The van der Waals surface area contributed by atoms with Gasteiger partial charge in [-0.05, 0) is 18.2 Å². The molecule has 2 rings (SSSR count). The summed E-state index contributed by atoms with van der Waals surface area (Å²) in [5.41, 5.74) is 0.417. The van der Waals surface area contributed by atoms with Gasteiger partial charge in [-0.2, -0.15) is 0 Å². The summed E-state index contributed by atoms with van der Waals surface area (Å²) < 4.78 is 13.2. The smallest absolute Gasteiger partial charge is 0.252 e. The number of benzene rings is 1. The first-order valence-corrected chi connectivity index (χ1v) is 6.07. The van der Waals surface area contributed by atoms with E-state index in [1.165, 1.54) is 6.07 Å². The molecule has 2 amide bonds. The number of rotatable bonds is 2. The Hall–Kier alpha value is -2.39. The van der Waals surface area contributed by atoms with Gasteiger partial charge in [0.25, 0.3) is 5.91 Å². The van der Waals surface area contributed by atoms with Gasteiger partial charge in [-0.15, -0.1) is 0 Å². The van der Waals surface area contributed by atoms with Crippen LogP contribution in [0.3, 0.4) is 0 Å². The number of aliphatic hydroxyl groups excluding tert-OH is 1. The van der Waals surface area contributed by atoms with Crippen LogP contribution in [-0.2, 0) is 4.79 Å². The molecular weight excluding hydrogens is 263 g/mol. The highest BCUT2D eigenvalue weighted by Crippen LogP contribution is 2.11. The highest BCUT2D eigenvalue weighted by molar-refractivity contribution is 5.97. The molecule has 6 heteroatoms. The molecule has 0 aliphatic carbocycles. The van der Waals surface area contributed by atoms with Crippen molar-refractivity contribution in [3.63, 3.8) is 0 Å². The fraction of sp³-hybridized carbons (Fsp3) is 0.286. The normalized spacial score (nSPS) is 17.1. The molecular formula is C14H13FN2O3. The minimum atomic E-state index is -0.512. The van der Waals surface area contributed by atoms with E-state index in [4.69, 9.17) is 5.11 Å². The van der Waals surface area contributed by atoms with Crippen LogP contribution in [0.25, 0.3) is 0 Å². The van der Waals surface area contributed by atoms with Crippen molar-refractivity contribution in [2.75, 3.05) is 13.2 Å². The second-order valence-electron chi connectivity index (χ2n) is 4.33. The van der Waals surface area contributed by atoms with Crippen molar-refractivity contribution >= 4 is 11.8 Å². The number of nitrogens with one attached hydrogen (secondary N) is 2. The molecule has 20 heavy (non-hydrogen) atoms. The molecule has 1 fully saturated rings. The highest BCUT2D eigenvalue weighted by Gasteiger charge is 2.24. The third kappa shape index (κ3) is 3.33. The zero-order valence-corrected chi connectivity index (χ0v) is 10.6. The molecule has 0 aromatic heterocycles. The van der Waals surface area contributed by atoms with Gasteiger partial charge < -0.3 is 15.7 Å². The Morgan fingerprint density at radius 3 is 3.00 bits per heavy atom. The summed E-state index contributed by atoms with van der Waals surface area (Å²) in [6.07, 6.45) is 0.227. The second-order valence-corrected chi connectivity index (χ2v) is 4.33. The monoisotopic (exact) mass is 276 g/mol. The highest BCUT2D eigenvalue weighted by atomic mass is 19.1. The van der Waals surface area contributed by atoms with Crippen LogP contribution in [0.4, 0.5) is 4.39 Å². The topological polar surface area (TPSA) is 78.4 Å². The van der Waals surface area contributed by atoms with Crippen molar-refractivity contribution in [3.05, 3.63) is 35.1 Å². The SMILES string of the molecule is O=C1CC(NC(=O)c2ccc(F)cc2C#CCO)CN1. The number of halogens is 1. The van der Waals surface area contributed by atoms with E-state index in [2.05, 4.69) is 22.5 Å². The van der Waals surface area contributed by atoms with Crippen LogP contribution in [0, 0.1) is 17.7 Å². The number of carbonyl (C=O) groups excluding carboxylic acids is 2. The Kier molecular flexibility index (Phi) is 4.33. The van der Waals surface area contributed by atoms with E-state index in [1.54, 1.807) is 0 Å². The molecule has 1 aliphatic heterocycles. The Morgan fingerprint density at radius 2 is 2.35 bits per heavy atom. The van der Waals surface area contributed by atoms with E-state index >= 15 is 0 Å². The summed E-state index contributed by atoms with van der Waals surface area (Å²) in [5.74, 6) is 3.86. The molecule has 104 valence electrons. The Bertz CT molecular complexity index is 604. The van der Waals surface area contributed by atoms with Gasteiger partial charge in [0.2, 0.25) is 5.91 Å². The van der Waals surface area contributed by atoms with Gasteiger partial charge >= 0.3 is 0 Å². The van der Waals surface area contributed by atoms with Crippen LogP contribution in [0.15, 0.2) is 18.2 Å². The first-order valence-electron chi connectivity index (χ1n) is 6.07. The van der Waals surface area contributed by atoms with E-state index in [0.29, 0.717) is 6.54 Å². The molecule has 0 bridgehead atoms. The van der Waals surface area contributed by atoms with Gasteiger partial charge in [0.15, 0.2) is 0 Å². The van der Waals surface area contributed by atoms with Gasteiger partial charge in [0.1, 0.15) is 12.4 Å². The molecule has 1 aromatic carbocycles. The van der Waals surface area contributed by atoms with Crippen molar-refractivity contribution in [2.45, 2.75) is 12.5 Å². The predicted octanol–water partition coefficient (Wildman–Crippen LogP) is -0.212. The van der Waals surface area contributed by atoms with Crippen LogP contribution in [0.1, 0.15) is 22.3 Å². The van der Waals surface area contributed by atoms with Crippen molar-refractivity contribution in [3.8, 4) is 11.8 Å². The first-order chi connectivity index (χ1) is 9.60. The van der Waals surface area contributed by atoms with Crippen LogP contribution >= 0.6 is 0 Å². The van der Waals surface area contributed by atoms with Gasteiger partial charge in [-0.3, -0.25) is 9.59 Å². The van der Waals surface area contributed by atoms with Crippen LogP contribution in [0.5, 0.6) is 0 Å². The number of carbonyl (C=O) groups is 2. The number of aliphatic hydroxyl groups is 1. The van der Waals surface area contributed by atoms with Crippen LogP contribution < -0.4 is 10.6 Å². The molecule has 0 saturated carbocycles. The lowest BCUT2D eigenvalue weighted by Crippen LogP contribution is -2.36. The summed E-state index contributed by atoms with van der Waals surface area (Å²) in [6.45, 7) is 0.00202. The van der Waals surface area contributed by atoms with Crippen molar-refractivity contribution in [1.82, 2.24) is 10.6 Å². The summed E-state index contributed by atoms with van der Waals surface area (Å²) in [7, 11) is 0. The third-order valence-corrected chi connectivity index (χ3v) is 2.84. The number of hydrogen-bond donors (Lipinski definition) is 3. The van der Waals surface area contributed by atoms with E-state index in [9.17, 15) is 14.0 Å².